The van der Waals surface area contributed by atoms with E-state index in [1.54, 1.807) is 30.5 Å². The standard InChI is InChI=1S/C26H23N3O9S2/c30-26-23(15-18-6-10-20(11-7-18)37-39(31,32)33)28-25-22(14-17-4-2-1-3-5-17)27-24(16-29(25)26)19-8-12-21(13-9-19)38-40(34,35)36/h1-13,16,30,34-36H,14-15H2,(H,31,32,33). The maximum atomic E-state index is 11.1. The van der Waals surface area contributed by atoms with Gasteiger partial charge in [0.25, 0.3) is 11.2 Å². The van der Waals surface area contributed by atoms with E-state index < -0.39 is 21.6 Å². The van der Waals surface area contributed by atoms with E-state index in [1.807, 2.05) is 30.3 Å². The number of rotatable bonds is 9. The second kappa shape index (κ2) is 10.8. The molecule has 0 bridgehead atoms. The van der Waals surface area contributed by atoms with Crippen molar-refractivity contribution in [2.24, 2.45) is 0 Å². The van der Waals surface area contributed by atoms with Crippen LogP contribution in [-0.2, 0) is 23.2 Å². The lowest BCUT2D eigenvalue weighted by Crippen LogP contribution is -2.06. The molecule has 0 radical (unpaired) electrons. The number of benzene rings is 3. The van der Waals surface area contributed by atoms with E-state index >= 15 is 0 Å². The van der Waals surface area contributed by atoms with Crippen LogP contribution in [0.5, 0.6) is 17.4 Å². The molecule has 5 aromatic rings. The first-order valence-electron chi connectivity index (χ1n) is 11.6. The van der Waals surface area contributed by atoms with Crippen molar-refractivity contribution in [2.45, 2.75) is 12.8 Å². The molecule has 0 amide bonds. The summed E-state index contributed by atoms with van der Waals surface area (Å²) in [5.41, 5.74) is 4.18. The lowest BCUT2D eigenvalue weighted by atomic mass is 10.1. The molecule has 5 N–H and O–H groups in total. The van der Waals surface area contributed by atoms with Gasteiger partial charge in [0.05, 0.1) is 11.4 Å². The molecular weight excluding hydrogens is 562 g/mol. The van der Waals surface area contributed by atoms with Gasteiger partial charge in [-0.3, -0.25) is 22.6 Å². The summed E-state index contributed by atoms with van der Waals surface area (Å²) in [6.07, 6.45) is 2.25. The molecule has 5 rings (SSSR count). The Bertz CT molecular complexity index is 1750. The zero-order chi connectivity index (χ0) is 28.5. The highest BCUT2D eigenvalue weighted by molar-refractivity contribution is 8.15. The van der Waals surface area contributed by atoms with Gasteiger partial charge in [-0.05, 0) is 47.5 Å². The molecule has 14 heteroatoms. The molecule has 0 fully saturated rings. The van der Waals surface area contributed by atoms with Crippen molar-refractivity contribution in [2.75, 3.05) is 0 Å². The lowest BCUT2D eigenvalue weighted by Gasteiger charge is -2.18. The smallest absolute Gasteiger partial charge is 0.446 e. The van der Waals surface area contributed by atoms with Crippen molar-refractivity contribution in [1.82, 2.24) is 14.4 Å². The summed E-state index contributed by atoms with van der Waals surface area (Å²) in [4.78, 5) is 9.46. The fourth-order valence-electron chi connectivity index (χ4n) is 4.10. The third-order valence-corrected chi connectivity index (χ3v) is 6.61. The van der Waals surface area contributed by atoms with Crippen molar-refractivity contribution < 1.29 is 40.1 Å². The zero-order valence-corrected chi connectivity index (χ0v) is 22.2. The average Bonchev–Trinajstić information content (AvgIpc) is 3.20. The largest absolute Gasteiger partial charge is 0.493 e. The zero-order valence-electron chi connectivity index (χ0n) is 20.5. The van der Waals surface area contributed by atoms with E-state index in [2.05, 4.69) is 9.17 Å². The molecule has 0 spiro atoms. The number of hydrogen-bond acceptors (Lipinski definition) is 10. The minimum atomic E-state index is -4.64. The highest BCUT2D eigenvalue weighted by Gasteiger charge is 2.19. The number of fused-ring (bicyclic) bond motifs is 1. The molecular formula is C26H23N3O9S2. The van der Waals surface area contributed by atoms with Crippen molar-refractivity contribution in [3.63, 3.8) is 0 Å². The second-order valence-corrected chi connectivity index (χ2v) is 10.8. The van der Waals surface area contributed by atoms with Gasteiger partial charge in [-0.25, -0.2) is 9.97 Å². The maximum absolute atomic E-state index is 11.1. The van der Waals surface area contributed by atoms with Gasteiger partial charge in [0.15, 0.2) is 5.65 Å². The van der Waals surface area contributed by atoms with Crippen LogP contribution in [0, 0.1) is 0 Å². The van der Waals surface area contributed by atoms with Crippen molar-refractivity contribution in [1.29, 1.82) is 0 Å². The molecule has 12 nitrogen and oxygen atoms in total. The molecule has 0 saturated heterocycles. The Kier molecular flexibility index (Phi) is 7.37. The van der Waals surface area contributed by atoms with Crippen LogP contribution in [0.4, 0.5) is 0 Å². The summed E-state index contributed by atoms with van der Waals surface area (Å²) < 4.78 is 68.8. The van der Waals surface area contributed by atoms with E-state index in [1.165, 1.54) is 28.7 Å². The third-order valence-electron chi connectivity index (χ3n) is 5.79. The molecule has 2 heterocycles. The van der Waals surface area contributed by atoms with Crippen LogP contribution >= 0.6 is 11.2 Å². The van der Waals surface area contributed by atoms with Gasteiger partial charge in [0.2, 0.25) is 5.88 Å². The van der Waals surface area contributed by atoms with Crippen LogP contribution < -0.4 is 8.37 Å². The van der Waals surface area contributed by atoms with Gasteiger partial charge in [0, 0.05) is 24.6 Å². The predicted octanol–water partition coefficient (Wildman–Crippen LogP) is 4.98. The molecule has 2 aromatic heterocycles. The highest BCUT2D eigenvalue weighted by Crippen LogP contribution is 2.36. The first-order chi connectivity index (χ1) is 18.9. The average molecular weight is 586 g/mol. The Morgan fingerprint density at radius 2 is 1.27 bits per heavy atom. The van der Waals surface area contributed by atoms with Gasteiger partial charge in [-0.2, -0.15) is 8.42 Å². The predicted molar refractivity (Wildman–Crippen MR) is 147 cm³/mol. The number of aromatic nitrogens is 3. The molecule has 0 atom stereocenters. The normalized spacial score (nSPS) is 12.4. The third kappa shape index (κ3) is 6.69. The molecule has 40 heavy (non-hydrogen) atoms. The van der Waals surface area contributed by atoms with Crippen LogP contribution in [0.3, 0.4) is 0 Å². The molecule has 0 unspecified atom stereocenters. The van der Waals surface area contributed by atoms with Crippen LogP contribution in [-0.4, -0.2) is 46.1 Å². The second-order valence-electron chi connectivity index (χ2n) is 8.72. The van der Waals surface area contributed by atoms with E-state index in [9.17, 15) is 13.5 Å². The minimum absolute atomic E-state index is 0.0395. The van der Waals surface area contributed by atoms with Crippen molar-refractivity contribution in [3.8, 4) is 28.6 Å². The quantitative estimate of drug-likeness (QED) is 0.147. The Hall–Kier alpha value is -4.18. The van der Waals surface area contributed by atoms with Crippen LogP contribution in [0.1, 0.15) is 22.5 Å². The summed E-state index contributed by atoms with van der Waals surface area (Å²) in [5, 5.41) is 11.1. The van der Waals surface area contributed by atoms with Crippen LogP contribution in [0.2, 0.25) is 0 Å². The van der Waals surface area contributed by atoms with E-state index in [0.717, 1.165) is 5.56 Å². The molecule has 0 aliphatic heterocycles. The van der Waals surface area contributed by atoms with Crippen molar-refractivity contribution >= 4 is 27.2 Å². The molecule has 0 saturated carbocycles. The van der Waals surface area contributed by atoms with Crippen LogP contribution in [0.15, 0.2) is 85.1 Å². The SMILES string of the molecule is O=S(=O)(O)Oc1ccc(Cc2nc3c(Cc4ccccc4)nc(-c4ccc(OS(O)(O)O)cc4)cn3c2O)cc1. The Morgan fingerprint density at radius 3 is 1.90 bits per heavy atom. The summed E-state index contributed by atoms with van der Waals surface area (Å²) in [5.74, 6) is -0.136. The van der Waals surface area contributed by atoms with Gasteiger partial charge in [0.1, 0.15) is 17.2 Å². The number of imidazole rings is 1. The lowest BCUT2D eigenvalue weighted by molar-refractivity contribution is 0.287. The number of hydrogen-bond donors (Lipinski definition) is 5. The van der Waals surface area contributed by atoms with Gasteiger partial charge >= 0.3 is 10.4 Å². The maximum Gasteiger partial charge on any atom is 0.446 e. The summed E-state index contributed by atoms with van der Waals surface area (Å²) in [7, 11) is -4.64. The first kappa shape index (κ1) is 27.4. The fourth-order valence-corrected chi connectivity index (χ4v) is 4.82. The topological polar surface area (TPSA) is 184 Å². The Balaban J connectivity index is 1.52. The van der Waals surface area contributed by atoms with Gasteiger partial charge < -0.3 is 13.5 Å². The fraction of sp³-hybridized carbons (Fsp3) is 0.0769. The first-order valence-corrected chi connectivity index (χ1v) is 14.4. The van der Waals surface area contributed by atoms with Gasteiger partial charge in [-0.15, -0.1) is 0 Å². The molecule has 0 aliphatic rings. The summed E-state index contributed by atoms with van der Waals surface area (Å²) >= 11 is -4.17. The van der Waals surface area contributed by atoms with E-state index in [0.29, 0.717) is 40.3 Å². The molecule has 208 valence electrons. The number of nitrogens with zero attached hydrogens (tertiary/aromatic N) is 3. The summed E-state index contributed by atoms with van der Waals surface area (Å²) in [6, 6.07) is 21.7. The van der Waals surface area contributed by atoms with E-state index in [4.69, 9.17) is 27.4 Å². The number of aromatic hydroxyl groups is 1. The van der Waals surface area contributed by atoms with Crippen LogP contribution in [0.25, 0.3) is 16.9 Å². The Labute approximate surface area is 230 Å². The van der Waals surface area contributed by atoms with Crippen molar-refractivity contribution in [3.05, 3.63) is 108 Å². The highest BCUT2D eigenvalue weighted by atomic mass is 32.3. The monoisotopic (exact) mass is 585 g/mol. The minimum Gasteiger partial charge on any atom is -0.493 e. The molecule has 0 aliphatic carbocycles. The summed E-state index contributed by atoms with van der Waals surface area (Å²) in [6.45, 7) is 0. The Morgan fingerprint density at radius 1 is 0.700 bits per heavy atom. The van der Waals surface area contributed by atoms with Gasteiger partial charge in [-0.1, -0.05) is 42.5 Å². The molecule has 3 aromatic carbocycles. The van der Waals surface area contributed by atoms with E-state index in [-0.39, 0.29) is 23.8 Å².